The Morgan fingerprint density at radius 2 is 2.29 bits per heavy atom. The smallest absolute Gasteiger partial charge is 0.341 e. The summed E-state index contributed by atoms with van der Waals surface area (Å²) in [6.07, 6.45) is -1.41. The fourth-order valence-electron chi connectivity index (χ4n) is 1.42. The maximum atomic E-state index is 12.8. The van der Waals surface area contributed by atoms with Gasteiger partial charge in [-0.25, -0.2) is 9.18 Å². The van der Waals surface area contributed by atoms with Crippen molar-refractivity contribution < 1.29 is 23.9 Å². The van der Waals surface area contributed by atoms with E-state index in [1.54, 1.807) is 0 Å². The predicted molar refractivity (Wildman–Crippen MR) is 53.8 cm³/mol. The minimum atomic E-state index is -1.41. The summed E-state index contributed by atoms with van der Waals surface area (Å²) >= 11 is 0. The highest BCUT2D eigenvalue weighted by Crippen LogP contribution is 2.15. The minimum Gasteiger partial charge on any atom is -0.374 e. The van der Waals surface area contributed by atoms with E-state index in [2.05, 4.69) is 10.2 Å². The molecule has 1 amide bonds. The van der Waals surface area contributed by atoms with Gasteiger partial charge in [-0.1, -0.05) is 6.07 Å². The number of carbonyl (C=O) groups excluding carboxylic acids is 2. The summed E-state index contributed by atoms with van der Waals surface area (Å²) in [5.74, 6) is -3.53. The van der Waals surface area contributed by atoms with Crippen LogP contribution in [-0.2, 0) is 14.4 Å². The molecule has 17 heavy (non-hydrogen) atoms. The molecule has 7 heteroatoms. The number of halogens is 1. The van der Waals surface area contributed by atoms with Gasteiger partial charge in [-0.05, 0) is 18.2 Å². The van der Waals surface area contributed by atoms with Crippen LogP contribution in [0, 0.1) is 11.7 Å². The van der Waals surface area contributed by atoms with Crippen LogP contribution in [0.1, 0.15) is 0 Å². The Hall–Kier alpha value is -1.99. The van der Waals surface area contributed by atoms with E-state index in [0.717, 1.165) is 6.07 Å². The second-order valence-corrected chi connectivity index (χ2v) is 3.46. The molecule has 3 N–H and O–H groups in total. The van der Waals surface area contributed by atoms with Crippen molar-refractivity contribution in [2.75, 3.05) is 5.32 Å². The molecule has 2 unspecified atom stereocenters. The monoisotopic (exact) mass is 240 g/mol. The minimum absolute atomic E-state index is 0.196. The molecule has 1 fully saturated rings. The molecule has 2 rings (SSSR count). The van der Waals surface area contributed by atoms with E-state index >= 15 is 0 Å². The molecule has 90 valence electrons. The van der Waals surface area contributed by atoms with Crippen LogP contribution in [-0.4, -0.2) is 23.2 Å². The predicted octanol–water partition coefficient (Wildman–Crippen LogP) is -0.240. The van der Waals surface area contributed by atoms with Crippen LogP contribution in [0.3, 0.4) is 0 Å². The van der Waals surface area contributed by atoms with Gasteiger partial charge in [0.15, 0.2) is 12.1 Å². The number of aliphatic hydroxyl groups excluding tert-OH is 1. The Kier molecular flexibility index (Phi) is 3.03. The molecule has 0 bridgehead atoms. The van der Waals surface area contributed by atoms with Crippen LogP contribution >= 0.6 is 0 Å². The first kappa shape index (κ1) is 11.5. The number of anilines is 1. The molecule has 0 spiro atoms. The van der Waals surface area contributed by atoms with Gasteiger partial charge in [0.05, 0.1) is 0 Å². The maximum absolute atomic E-state index is 12.8. The normalized spacial score (nSPS) is 23.3. The van der Waals surface area contributed by atoms with Gasteiger partial charge in [-0.15, -0.1) is 5.48 Å². The van der Waals surface area contributed by atoms with Crippen LogP contribution in [0.25, 0.3) is 0 Å². The van der Waals surface area contributed by atoms with Gasteiger partial charge < -0.3 is 15.3 Å². The Labute approximate surface area is 95.3 Å². The Bertz CT molecular complexity index is 465. The lowest BCUT2D eigenvalue weighted by Gasteiger charge is -2.10. The lowest BCUT2D eigenvalue weighted by Crippen LogP contribution is -2.36. The number of rotatable bonds is 2. The summed E-state index contributed by atoms with van der Waals surface area (Å²) in [6, 6.07) is 5.18. The van der Waals surface area contributed by atoms with Crippen molar-refractivity contribution in [3.8, 4) is 0 Å². The highest BCUT2D eigenvalue weighted by Gasteiger charge is 2.41. The quantitative estimate of drug-likeness (QED) is 0.621. The van der Waals surface area contributed by atoms with Crippen LogP contribution in [0.15, 0.2) is 24.3 Å². The molecule has 6 nitrogen and oxygen atoms in total. The second kappa shape index (κ2) is 4.48. The standard InChI is InChI=1S/C10H9FN2O4/c11-5-2-1-3-6(4-5)12-8(14)7-9(15)13-17-10(7)16/h1-4,7,9,13,15H,(H,12,14). The Morgan fingerprint density at radius 1 is 1.53 bits per heavy atom. The molecular formula is C10H9FN2O4. The van der Waals surface area contributed by atoms with Gasteiger partial charge in [0.25, 0.3) is 0 Å². The molecule has 0 aliphatic carbocycles. The molecule has 0 saturated carbocycles. The zero-order chi connectivity index (χ0) is 12.4. The maximum Gasteiger partial charge on any atom is 0.341 e. The van der Waals surface area contributed by atoms with E-state index in [1.807, 2.05) is 5.48 Å². The van der Waals surface area contributed by atoms with Gasteiger partial charge in [-0.3, -0.25) is 4.79 Å². The van der Waals surface area contributed by atoms with Gasteiger partial charge in [-0.2, -0.15) is 0 Å². The van der Waals surface area contributed by atoms with Crippen LogP contribution < -0.4 is 10.8 Å². The first-order chi connectivity index (χ1) is 8.08. The van der Waals surface area contributed by atoms with E-state index < -0.39 is 29.8 Å². The average molecular weight is 240 g/mol. The van der Waals surface area contributed by atoms with E-state index in [1.165, 1.54) is 18.2 Å². The third-order valence-corrected chi connectivity index (χ3v) is 2.22. The molecule has 2 atom stereocenters. The van der Waals surface area contributed by atoms with E-state index in [0.29, 0.717) is 0 Å². The molecule has 1 aliphatic heterocycles. The summed E-state index contributed by atoms with van der Waals surface area (Å²) < 4.78 is 12.8. The van der Waals surface area contributed by atoms with Crippen molar-refractivity contribution in [2.45, 2.75) is 6.23 Å². The first-order valence-electron chi connectivity index (χ1n) is 4.78. The van der Waals surface area contributed by atoms with Crippen molar-refractivity contribution in [3.63, 3.8) is 0 Å². The molecule has 1 aromatic rings. The summed E-state index contributed by atoms with van der Waals surface area (Å²) in [7, 11) is 0. The number of hydrogen-bond acceptors (Lipinski definition) is 5. The summed E-state index contributed by atoms with van der Waals surface area (Å²) in [5, 5.41) is 11.6. The van der Waals surface area contributed by atoms with E-state index in [-0.39, 0.29) is 5.69 Å². The molecule has 1 aliphatic rings. The Balaban J connectivity index is 2.09. The van der Waals surface area contributed by atoms with E-state index in [4.69, 9.17) is 0 Å². The highest BCUT2D eigenvalue weighted by atomic mass is 19.1. The first-order valence-corrected chi connectivity index (χ1v) is 4.78. The number of hydroxylamine groups is 1. The third kappa shape index (κ3) is 2.40. The van der Waals surface area contributed by atoms with Gasteiger partial charge in [0, 0.05) is 5.69 Å². The number of amides is 1. The van der Waals surface area contributed by atoms with Crippen molar-refractivity contribution in [3.05, 3.63) is 30.1 Å². The van der Waals surface area contributed by atoms with Crippen LogP contribution in [0.4, 0.5) is 10.1 Å². The second-order valence-electron chi connectivity index (χ2n) is 3.46. The largest absolute Gasteiger partial charge is 0.374 e. The zero-order valence-corrected chi connectivity index (χ0v) is 8.51. The van der Waals surface area contributed by atoms with Crippen LogP contribution in [0.5, 0.6) is 0 Å². The number of carbonyl (C=O) groups is 2. The summed E-state index contributed by atoms with van der Waals surface area (Å²) in [6.45, 7) is 0. The lowest BCUT2D eigenvalue weighted by atomic mass is 10.1. The van der Waals surface area contributed by atoms with Gasteiger partial charge in [0.2, 0.25) is 5.91 Å². The van der Waals surface area contributed by atoms with Crippen LogP contribution in [0.2, 0.25) is 0 Å². The number of nitrogens with one attached hydrogen (secondary N) is 2. The number of benzene rings is 1. The Morgan fingerprint density at radius 3 is 2.88 bits per heavy atom. The number of hydrogen-bond donors (Lipinski definition) is 3. The van der Waals surface area contributed by atoms with E-state index in [9.17, 15) is 19.1 Å². The highest BCUT2D eigenvalue weighted by molar-refractivity contribution is 6.05. The van der Waals surface area contributed by atoms with Crippen molar-refractivity contribution in [1.29, 1.82) is 0 Å². The summed E-state index contributed by atoms with van der Waals surface area (Å²) in [5.41, 5.74) is 2.16. The molecule has 1 saturated heterocycles. The average Bonchev–Trinajstić information content (AvgIpc) is 2.58. The number of aliphatic hydroxyl groups is 1. The topological polar surface area (TPSA) is 87.7 Å². The molecule has 0 aromatic heterocycles. The molecule has 1 aromatic carbocycles. The fraction of sp³-hybridized carbons (Fsp3) is 0.200. The van der Waals surface area contributed by atoms with Crippen molar-refractivity contribution in [2.24, 2.45) is 5.92 Å². The summed E-state index contributed by atoms with van der Waals surface area (Å²) in [4.78, 5) is 27.0. The van der Waals surface area contributed by atoms with Crippen molar-refractivity contribution in [1.82, 2.24) is 5.48 Å². The SMILES string of the molecule is O=C(Nc1cccc(F)c1)C1C(=O)ONC1O. The lowest BCUT2D eigenvalue weighted by molar-refractivity contribution is -0.147. The fourth-order valence-corrected chi connectivity index (χ4v) is 1.42. The van der Waals surface area contributed by atoms with Crippen molar-refractivity contribution >= 4 is 17.6 Å². The zero-order valence-electron chi connectivity index (χ0n) is 8.51. The molecule has 1 heterocycles. The van der Waals surface area contributed by atoms with Gasteiger partial charge in [0.1, 0.15) is 5.82 Å². The molecule has 0 radical (unpaired) electrons. The third-order valence-electron chi connectivity index (χ3n) is 2.22. The molecular weight excluding hydrogens is 231 g/mol. The van der Waals surface area contributed by atoms with Gasteiger partial charge >= 0.3 is 5.97 Å².